The van der Waals surface area contributed by atoms with Crippen molar-refractivity contribution >= 4 is 58.2 Å². The first-order chi connectivity index (χ1) is 21.4. The Kier molecular flexibility index (Phi) is 6.25. The number of carbonyl (C=O) groups is 4. The Balaban J connectivity index is 1.34. The second-order valence-electron chi connectivity index (χ2n) is 11.4. The number of fused-ring (bicyclic) bond motifs is 5. The first-order valence-corrected chi connectivity index (χ1v) is 15.1. The Morgan fingerprint density at radius 1 is 0.409 bits per heavy atom. The zero-order valence-corrected chi connectivity index (χ0v) is 24.5. The summed E-state index contributed by atoms with van der Waals surface area (Å²) in [5.74, 6) is -3.19. The van der Waals surface area contributed by atoms with E-state index in [9.17, 15) is 19.2 Å². The number of para-hydroxylation sites is 2. The van der Waals surface area contributed by atoms with Crippen LogP contribution in [0.2, 0.25) is 10.0 Å². The molecular weight excluding hydrogens is 599 g/mol. The van der Waals surface area contributed by atoms with Crippen LogP contribution in [0.3, 0.4) is 0 Å². The Morgan fingerprint density at radius 3 is 1.09 bits per heavy atom. The molecule has 4 aliphatic rings. The van der Waals surface area contributed by atoms with Crippen molar-refractivity contribution in [1.82, 2.24) is 10.0 Å². The third kappa shape index (κ3) is 3.78. The maximum absolute atomic E-state index is 14.4. The molecule has 4 aliphatic heterocycles. The molecule has 4 amide bonds. The fraction of sp³-hybridized carbons (Fsp3) is 0.176. The van der Waals surface area contributed by atoms with Crippen molar-refractivity contribution < 1.29 is 19.2 Å². The molecule has 8 nitrogen and oxygen atoms in total. The molecule has 0 spiro atoms. The van der Waals surface area contributed by atoms with Crippen molar-refractivity contribution in [3.05, 3.63) is 130 Å². The van der Waals surface area contributed by atoms with Crippen molar-refractivity contribution in [2.75, 3.05) is 9.80 Å². The van der Waals surface area contributed by atoms with Crippen LogP contribution in [0.15, 0.2) is 109 Å². The normalized spacial score (nSPS) is 28.1. The molecule has 0 radical (unpaired) electrons. The average Bonchev–Trinajstić information content (AvgIpc) is 3.70. The summed E-state index contributed by atoms with van der Waals surface area (Å²) in [5.41, 5.74) is 2.39. The number of hydrogen-bond acceptors (Lipinski definition) is 6. The number of amides is 4. The van der Waals surface area contributed by atoms with Gasteiger partial charge in [-0.05, 0) is 59.7 Å². The molecule has 0 saturated carbocycles. The number of anilines is 2. The van der Waals surface area contributed by atoms with E-state index in [0.29, 0.717) is 21.4 Å². The van der Waals surface area contributed by atoms with Crippen LogP contribution in [-0.2, 0) is 19.2 Å². The van der Waals surface area contributed by atoms with Crippen molar-refractivity contribution in [3.63, 3.8) is 0 Å². The van der Waals surface area contributed by atoms with Crippen LogP contribution in [0.25, 0.3) is 0 Å². The third-order valence-electron chi connectivity index (χ3n) is 9.18. The summed E-state index contributed by atoms with van der Waals surface area (Å²) in [6.45, 7) is 0. The molecule has 4 aromatic carbocycles. The van der Waals surface area contributed by atoms with E-state index < -0.39 is 47.8 Å². The van der Waals surface area contributed by atoms with Gasteiger partial charge >= 0.3 is 0 Å². The molecule has 4 aromatic rings. The maximum atomic E-state index is 14.4. The highest BCUT2D eigenvalue weighted by molar-refractivity contribution is 6.31. The summed E-state index contributed by atoms with van der Waals surface area (Å²) >= 11 is 12.5. The SMILES string of the molecule is O=C1[C@@H]2[C@H](C(=O)N1c1ccccc1)N1[C@H](c3ccc(Cl)cc3)[C@@H]3C(=O)N(c4ccccc4)C(=O)[C@@H]3N1[C@H]2c1ccc(Cl)cc1. The van der Waals surface area contributed by atoms with Gasteiger partial charge in [-0.2, -0.15) is 0 Å². The minimum absolute atomic E-state index is 0.358. The molecular formula is C34H24Cl2N4O4. The quantitative estimate of drug-likeness (QED) is 0.282. The molecule has 218 valence electrons. The van der Waals surface area contributed by atoms with Gasteiger partial charge in [0.15, 0.2) is 0 Å². The molecule has 44 heavy (non-hydrogen) atoms. The van der Waals surface area contributed by atoms with Gasteiger partial charge in [0.1, 0.15) is 12.1 Å². The van der Waals surface area contributed by atoms with Crippen LogP contribution >= 0.6 is 23.2 Å². The number of benzene rings is 4. The highest BCUT2D eigenvalue weighted by Crippen LogP contribution is 2.59. The molecule has 6 atom stereocenters. The van der Waals surface area contributed by atoms with E-state index in [1.54, 1.807) is 72.8 Å². The van der Waals surface area contributed by atoms with E-state index >= 15 is 0 Å². The lowest BCUT2D eigenvalue weighted by atomic mass is 9.84. The lowest BCUT2D eigenvalue weighted by Crippen LogP contribution is -2.50. The summed E-state index contributed by atoms with van der Waals surface area (Å²) in [6, 6.07) is 28.5. The third-order valence-corrected chi connectivity index (χ3v) is 9.68. The fourth-order valence-electron chi connectivity index (χ4n) is 7.48. The lowest BCUT2D eigenvalue weighted by molar-refractivity contribution is -0.136. The van der Waals surface area contributed by atoms with Gasteiger partial charge in [-0.25, -0.2) is 19.8 Å². The molecule has 0 aliphatic carbocycles. The number of hydrogen-bond donors (Lipinski definition) is 0. The van der Waals surface area contributed by atoms with Crippen LogP contribution in [0.4, 0.5) is 11.4 Å². The van der Waals surface area contributed by atoms with Crippen molar-refractivity contribution in [1.29, 1.82) is 0 Å². The van der Waals surface area contributed by atoms with Gasteiger partial charge in [-0.3, -0.25) is 19.2 Å². The predicted octanol–water partition coefficient (Wildman–Crippen LogP) is 5.44. The van der Waals surface area contributed by atoms with E-state index in [0.717, 1.165) is 11.1 Å². The van der Waals surface area contributed by atoms with E-state index in [4.69, 9.17) is 23.2 Å². The monoisotopic (exact) mass is 622 g/mol. The van der Waals surface area contributed by atoms with Crippen molar-refractivity contribution in [2.45, 2.75) is 24.2 Å². The van der Waals surface area contributed by atoms with Crippen molar-refractivity contribution in [2.24, 2.45) is 11.8 Å². The van der Waals surface area contributed by atoms with Gasteiger partial charge in [0.25, 0.3) is 11.8 Å². The maximum Gasteiger partial charge on any atom is 0.253 e. The van der Waals surface area contributed by atoms with Crippen LogP contribution in [0, 0.1) is 11.8 Å². The topological polar surface area (TPSA) is 81.2 Å². The first-order valence-electron chi connectivity index (χ1n) is 14.3. The standard InChI is InChI=1S/C34H24Cl2N4O4/c35-21-15-11-19(12-16-21)27-25-29(33(43)37(31(25)41)23-7-3-1-4-8-23)39-28(20-13-17-22(36)18-14-20)26-30(40(27)39)34(44)38(32(26)42)24-9-5-2-6-10-24/h1-18,25-30H/t25-,26-,27-,28+,29+,30+/m0/s1. The summed E-state index contributed by atoms with van der Waals surface area (Å²) in [4.78, 5) is 59.9. The Morgan fingerprint density at radius 2 is 0.750 bits per heavy atom. The molecule has 0 aromatic heterocycles. The number of halogens is 2. The number of rotatable bonds is 4. The van der Waals surface area contributed by atoms with Gasteiger partial charge in [0.2, 0.25) is 11.8 Å². The molecule has 0 unspecified atom stereocenters. The van der Waals surface area contributed by atoms with Gasteiger partial charge in [0.05, 0.1) is 35.3 Å². The average molecular weight is 623 g/mol. The summed E-state index contributed by atoms with van der Waals surface area (Å²) in [6.07, 6.45) is 0. The van der Waals surface area contributed by atoms with E-state index in [1.807, 2.05) is 46.4 Å². The number of hydrazine groups is 1. The zero-order chi connectivity index (χ0) is 30.3. The molecule has 8 rings (SSSR count). The van der Waals surface area contributed by atoms with Crippen LogP contribution in [0.5, 0.6) is 0 Å². The van der Waals surface area contributed by atoms with Crippen LogP contribution in [-0.4, -0.2) is 45.7 Å². The fourth-order valence-corrected chi connectivity index (χ4v) is 7.73. The molecule has 0 bridgehead atoms. The molecule has 0 N–H and O–H groups in total. The van der Waals surface area contributed by atoms with Gasteiger partial charge < -0.3 is 0 Å². The minimum Gasteiger partial charge on any atom is -0.274 e. The van der Waals surface area contributed by atoms with E-state index in [2.05, 4.69) is 0 Å². The number of nitrogens with zero attached hydrogens (tertiary/aromatic N) is 4. The molecule has 4 fully saturated rings. The Labute approximate surface area is 262 Å². The van der Waals surface area contributed by atoms with E-state index in [-0.39, 0.29) is 11.8 Å². The second-order valence-corrected chi connectivity index (χ2v) is 12.3. The lowest BCUT2D eigenvalue weighted by Gasteiger charge is -2.35. The van der Waals surface area contributed by atoms with Gasteiger partial charge in [0, 0.05) is 10.0 Å². The highest BCUT2D eigenvalue weighted by atomic mass is 35.5. The first kappa shape index (κ1) is 27.2. The summed E-state index contributed by atoms with van der Waals surface area (Å²) < 4.78 is 0. The summed E-state index contributed by atoms with van der Waals surface area (Å²) in [7, 11) is 0. The molecule has 10 heteroatoms. The second kappa shape index (κ2) is 10.1. The highest BCUT2D eigenvalue weighted by Gasteiger charge is 2.73. The summed E-state index contributed by atoms with van der Waals surface area (Å²) in [5, 5.41) is 4.70. The van der Waals surface area contributed by atoms with Gasteiger partial charge in [-0.15, -0.1) is 0 Å². The predicted molar refractivity (Wildman–Crippen MR) is 164 cm³/mol. The van der Waals surface area contributed by atoms with Crippen LogP contribution in [0.1, 0.15) is 23.2 Å². The smallest absolute Gasteiger partial charge is 0.253 e. The molecule has 4 saturated heterocycles. The number of carbonyl (C=O) groups excluding carboxylic acids is 4. The van der Waals surface area contributed by atoms with Crippen molar-refractivity contribution in [3.8, 4) is 0 Å². The number of imide groups is 2. The minimum atomic E-state index is -0.944. The Bertz CT molecular complexity index is 1690. The van der Waals surface area contributed by atoms with E-state index in [1.165, 1.54) is 9.80 Å². The van der Waals surface area contributed by atoms with Crippen LogP contribution < -0.4 is 9.80 Å². The largest absolute Gasteiger partial charge is 0.274 e. The van der Waals surface area contributed by atoms with Gasteiger partial charge in [-0.1, -0.05) is 83.9 Å². The zero-order valence-electron chi connectivity index (χ0n) is 23.0. The molecule has 4 heterocycles. The Hall–Kier alpha value is -4.34.